The first-order valence-electron chi connectivity index (χ1n) is 10.4. The van der Waals surface area contributed by atoms with Crippen molar-refractivity contribution in [3.05, 3.63) is 60.5 Å². The molecule has 1 atom stereocenters. The van der Waals surface area contributed by atoms with Gasteiger partial charge < -0.3 is 9.26 Å². The molecule has 1 unspecified atom stereocenters. The lowest BCUT2D eigenvalue weighted by Gasteiger charge is -2.22. The van der Waals surface area contributed by atoms with Gasteiger partial charge in [-0.05, 0) is 25.0 Å². The molecule has 1 saturated heterocycles. The zero-order chi connectivity index (χ0) is 21.0. The van der Waals surface area contributed by atoms with E-state index in [9.17, 15) is 4.79 Å². The third-order valence-corrected chi connectivity index (χ3v) is 6.34. The van der Waals surface area contributed by atoms with E-state index < -0.39 is 0 Å². The van der Waals surface area contributed by atoms with E-state index in [4.69, 9.17) is 14.2 Å². The third-order valence-electron chi connectivity index (χ3n) is 5.28. The minimum atomic E-state index is -0.0194. The number of carbonyl (C=O) groups is 1. The largest absolute Gasteiger partial charge is 0.376 e. The van der Waals surface area contributed by atoms with Gasteiger partial charge in [0, 0.05) is 25.0 Å². The van der Waals surface area contributed by atoms with Crippen LogP contribution >= 0.6 is 11.3 Å². The van der Waals surface area contributed by atoms with Crippen LogP contribution in [0.4, 0.5) is 5.13 Å². The van der Waals surface area contributed by atoms with Crippen molar-refractivity contribution >= 4 is 32.6 Å². The van der Waals surface area contributed by atoms with Crippen molar-refractivity contribution in [1.29, 1.82) is 0 Å². The number of aromatic nitrogens is 3. The number of thiazole rings is 1. The van der Waals surface area contributed by atoms with E-state index in [1.807, 2.05) is 54.6 Å². The Bertz CT molecular complexity index is 1130. The Kier molecular flexibility index (Phi) is 5.73. The Labute approximate surface area is 183 Å². The maximum atomic E-state index is 13.2. The first-order chi connectivity index (χ1) is 15.3. The molecule has 2 aromatic heterocycles. The SMILES string of the molecule is O=C(CCc1nc(-c2ccccc2)no1)N(CC1CCCO1)c1nc2ccccc2s1. The molecule has 0 bridgehead atoms. The number of amides is 1. The number of carbonyl (C=O) groups excluding carboxylic acids is 1. The van der Waals surface area contributed by atoms with Gasteiger partial charge in [0.15, 0.2) is 5.13 Å². The number of hydrogen-bond donors (Lipinski definition) is 0. The van der Waals surface area contributed by atoms with Crippen LogP contribution < -0.4 is 4.90 Å². The average molecular weight is 435 g/mol. The van der Waals surface area contributed by atoms with Crippen molar-refractivity contribution in [3.63, 3.8) is 0 Å². The molecule has 4 aromatic rings. The highest BCUT2D eigenvalue weighted by molar-refractivity contribution is 7.22. The van der Waals surface area contributed by atoms with Crippen LogP contribution in [0.2, 0.25) is 0 Å². The summed E-state index contributed by atoms with van der Waals surface area (Å²) in [5.74, 6) is 0.966. The van der Waals surface area contributed by atoms with Gasteiger partial charge in [0.2, 0.25) is 17.6 Å². The van der Waals surface area contributed by atoms with Crippen molar-refractivity contribution in [3.8, 4) is 11.4 Å². The zero-order valence-corrected chi connectivity index (χ0v) is 17.8. The topological polar surface area (TPSA) is 81.4 Å². The highest BCUT2D eigenvalue weighted by Crippen LogP contribution is 2.30. The van der Waals surface area contributed by atoms with Crippen LogP contribution in [0.1, 0.15) is 25.2 Å². The van der Waals surface area contributed by atoms with Gasteiger partial charge in [-0.15, -0.1) is 0 Å². The Morgan fingerprint density at radius 2 is 1.94 bits per heavy atom. The number of benzene rings is 2. The molecule has 1 fully saturated rings. The maximum Gasteiger partial charge on any atom is 0.229 e. The average Bonchev–Trinajstić information content (AvgIpc) is 3.57. The number of para-hydroxylation sites is 1. The van der Waals surface area contributed by atoms with E-state index in [2.05, 4.69) is 10.1 Å². The first kappa shape index (κ1) is 19.8. The summed E-state index contributed by atoms with van der Waals surface area (Å²) in [6.07, 6.45) is 2.67. The van der Waals surface area contributed by atoms with Crippen molar-refractivity contribution < 1.29 is 14.1 Å². The quantitative estimate of drug-likeness (QED) is 0.426. The number of anilines is 1. The fourth-order valence-electron chi connectivity index (χ4n) is 3.66. The Balaban J connectivity index is 1.31. The molecular weight excluding hydrogens is 412 g/mol. The predicted molar refractivity (Wildman–Crippen MR) is 119 cm³/mol. The molecule has 31 heavy (non-hydrogen) atoms. The Morgan fingerprint density at radius 1 is 1.10 bits per heavy atom. The summed E-state index contributed by atoms with van der Waals surface area (Å²) in [4.78, 5) is 24.1. The van der Waals surface area contributed by atoms with Crippen molar-refractivity contribution in [2.45, 2.75) is 31.8 Å². The minimum absolute atomic E-state index is 0.0194. The fraction of sp³-hybridized carbons (Fsp3) is 0.304. The first-order valence-corrected chi connectivity index (χ1v) is 11.2. The Hall–Kier alpha value is -3.10. The van der Waals surface area contributed by atoms with E-state index in [1.54, 1.807) is 4.90 Å². The molecule has 7 nitrogen and oxygen atoms in total. The fourth-order valence-corrected chi connectivity index (χ4v) is 4.66. The number of ether oxygens (including phenoxy) is 1. The monoisotopic (exact) mass is 434 g/mol. The molecule has 0 N–H and O–H groups in total. The highest BCUT2D eigenvalue weighted by atomic mass is 32.1. The second kappa shape index (κ2) is 8.95. The van der Waals surface area contributed by atoms with Crippen LogP contribution in [0, 0.1) is 0 Å². The molecule has 158 valence electrons. The molecular formula is C23H22N4O3S. The third kappa shape index (κ3) is 4.50. The lowest BCUT2D eigenvalue weighted by atomic mass is 10.2. The minimum Gasteiger partial charge on any atom is -0.376 e. The van der Waals surface area contributed by atoms with Crippen LogP contribution in [0.25, 0.3) is 21.6 Å². The zero-order valence-electron chi connectivity index (χ0n) is 16.9. The highest BCUT2D eigenvalue weighted by Gasteiger charge is 2.26. The van der Waals surface area contributed by atoms with Gasteiger partial charge >= 0.3 is 0 Å². The van der Waals surface area contributed by atoms with E-state index in [-0.39, 0.29) is 18.4 Å². The summed E-state index contributed by atoms with van der Waals surface area (Å²) in [6.45, 7) is 1.26. The number of rotatable bonds is 7. The number of fused-ring (bicyclic) bond motifs is 1. The van der Waals surface area contributed by atoms with E-state index in [0.29, 0.717) is 29.8 Å². The van der Waals surface area contributed by atoms with Crippen LogP contribution in [0.3, 0.4) is 0 Å². The molecule has 5 rings (SSSR count). The van der Waals surface area contributed by atoms with Crippen LogP contribution in [0.15, 0.2) is 59.1 Å². The summed E-state index contributed by atoms with van der Waals surface area (Å²) in [6, 6.07) is 17.6. The molecule has 0 radical (unpaired) electrons. The molecule has 8 heteroatoms. The van der Waals surface area contributed by atoms with E-state index in [0.717, 1.165) is 35.2 Å². The van der Waals surface area contributed by atoms with Crippen LogP contribution in [-0.4, -0.2) is 40.3 Å². The summed E-state index contributed by atoms with van der Waals surface area (Å²) >= 11 is 1.53. The summed E-state index contributed by atoms with van der Waals surface area (Å²) in [5, 5.41) is 4.74. The molecule has 1 aliphatic rings. The molecule has 0 aliphatic carbocycles. The molecule has 1 amide bonds. The summed E-state index contributed by atoms with van der Waals surface area (Å²) in [5.41, 5.74) is 1.79. The molecule has 0 saturated carbocycles. The summed E-state index contributed by atoms with van der Waals surface area (Å²) in [7, 11) is 0. The van der Waals surface area contributed by atoms with Gasteiger partial charge in [-0.25, -0.2) is 4.98 Å². The van der Waals surface area contributed by atoms with Crippen molar-refractivity contribution in [1.82, 2.24) is 15.1 Å². The second-order valence-electron chi connectivity index (χ2n) is 7.48. The van der Waals surface area contributed by atoms with Gasteiger partial charge in [0.05, 0.1) is 22.9 Å². The van der Waals surface area contributed by atoms with Gasteiger partial charge in [0.1, 0.15) is 0 Å². The van der Waals surface area contributed by atoms with Crippen LogP contribution in [0.5, 0.6) is 0 Å². The van der Waals surface area contributed by atoms with Crippen LogP contribution in [-0.2, 0) is 16.0 Å². The van der Waals surface area contributed by atoms with Crippen molar-refractivity contribution in [2.75, 3.05) is 18.1 Å². The molecule has 2 aromatic carbocycles. The molecule has 1 aliphatic heterocycles. The molecule has 0 spiro atoms. The standard InChI is InChI=1S/C23H22N4O3S/c28-21(13-12-20-25-22(26-30-20)16-7-2-1-3-8-16)27(15-17-9-6-14-29-17)23-24-18-10-4-5-11-19(18)31-23/h1-5,7-8,10-11,17H,6,9,12-15H2. The lowest BCUT2D eigenvalue weighted by Crippen LogP contribution is -2.37. The van der Waals surface area contributed by atoms with E-state index in [1.165, 1.54) is 11.3 Å². The normalized spacial score (nSPS) is 16.1. The summed E-state index contributed by atoms with van der Waals surface area (Å²) < 4.78 is 12.2. The van der Waals surface area contributed by atoms with Gasteiger partial charge in [-0.3, -0.25) is 9.69 Å². The number of hydrogen-bond acceptors (Lipinski definition) is 7. The second-order valence-corrected chi connectivity index (χ2v) is 8.49. The van der Waals surface area contributed by atoms with Gasteiger partial charge in [0.25, 0.3) is 0 Å². The lowest BCUT2D eigenvalue weighted by molar-refractivity contribution is -0.119. The van der Waals surface area contributed by atoms with E-state index >= 15 is 0 Å². The molecule has 3 heterocycles. The smallest absolute Gasteiger partial charge is 0.229 e. The van der Waals surface area contributed by atoms with Crippen molar-refractivity contribution in [2.24, 2.45) is 0 Å². The number of aryl methyl sites for hydroxylation is 1. The van der Waals surface area contributed by atoms with Gasteiger partial charge in [-0.2, -0.15) is 4.98 Å². The maximum absolute atomic E-state index is 13.2. The van der Waals surface area contributed by atoms with Gasteiger partial charge in [-0.1, -0.05) is 59.0 Å². The Morgan fingerprint density at radius 3 is 2.74 bits per heavy atom. The predicted octanol–water partition coefficient (Wildman–Crippen LogP) is 4.49. The number of nitrogens with zero attached hydrogens (tertiary/aromatic N) is 4.